The SMILES string of the molecule is Cc1cccc(CSCCNC(=O)CN2c3ccc(Cl)cc3-c3ccccc3S2(=O)=O)c1. The predicted octanol–water partition coefficient (Wildman–Crippen LogP) is 4.87. The van der Waals surface area contributed by atoms with Gasteiger partial charge in [0.25, 0.3) is 10.0 Å². The van der Waals surface area contributed by atoms with E-state index in [0.717, 1.165) is 15.8 Å². The molecule has 1 aliphatic heterocycles. The molecular weight excluding hydrogens is 464 g/mol. The molecule has 1 N–H and O–H groups in total. The summed E-state index contributed by atoms with van der Waals surface area (Å²) >= 11 is 7.89. The summed E-state index contributed by atoms with van der Waals surface area (Å²) < 4.78 is 27.7. The first kappa shape index (κ1) is 22.7. The van der Waals surface area contributed by atoms with Gasteiger partial charge < -0.3 is 5.32 Å². The number of halogens is 1. The zero-order valence-electron chi connectivity index (χ0n) is 17.5. The van der Waals surface area contributed by atoms with Crippen LogP contribution in [0.5, 0.6) is 0 Å². The number of benzene rings is 3. The molecule has 0 aliphatic carbocycles. The Kier molecular flexibility index (Phi) is 6.79. The summed E-state index contributed by atoms with van der Waals surface area (Å²) in [6, 6.07) is 20.1. The first-order valence-electron chi connectivity index (χ1n) is 10.2. The molecule has 0 saturated heterocycles. The fourth-order valence-electron chi connectivity index (χ4n) is 3.71. The normalized spacial score (nSPS) is 13.9. The Morgan fingerprint density at radius 1 is 1.03 bits per heavy atom. The van der Waals surface area contributed by atoms with E-state index in [9.17, 15) is 13.2 Å². The van der Waals surface area contributed by atoms with Crippen LogP contribution in [-0.2, 0) is 20.6 Å². The number of aryl methyl sites for hydroxylation is 1. The zero-order chi connectivity index (χ0) is 22.7. The highest BCUT2D eigenvalue weighted by Gasteiger charge is 2.35. The van der Waals surface area contributed by atoms with E-state index in [1.54, 1.807) is 54.2 Å². The second-order valence-corrected chi connectivity index (χ2v) is 10.9. The van der Waals surface area contributed by atoms with Crippen LogP contribution in [0.15, 0.2) is 71.6 Å². The second-order valence-electron chi connectivity index (χ2n) is 7.56. The molecule has 0 saturated carbocycles. The molecule has 0 spiro atoms. The van der Waals surface area contributed by atoms with E-state index < -0.39 is 10.0 Å². The van der Waals surface area contributed by atoms with Crippen LogP contribution < -0.4 is 9.62 Å². The monoisotopic (exact) mass is 486 g/mol. The van der Waals surface area contributed by atoms with Gasteiger partial charge in [-0.05, 0) is 36.8 Å². The molecule has 3 aromatic carbocycles. The highest BCUT2D eigenvalue weighted by Crippen LogP contribution is 2.43. The van der Waals surface area contributed by atoms with E-state index in [2.05, 4.69) is 30.4 Å². The molecule has 1 aliphatic rings. The van der Waals surface area contributed by atoms with Crippen molar-refractivity contribution in [2.45, 2.75) is 17.6 Å². The van der Waals surface area contributed by atoms with E-state index in [4.69, 9.17) is 11.6 Å². The fourth-order valence-corrected chi connectivity index (χ4v) is 6.34. The summed E-state index contributed by atoms with van der Waals surface area (Å²) in [6.45, 7) is 2.24. The molecule has 32 heavy (non-hydrogen) atoms. The summed E-state index contributed by atoms with van der Waals surface area (Å²) in [4.78, 5) is 12.8. The number of carbonyl (C=O) groups excluding carboxylic acids is 1. The minimum Gasteiger partial charge on any atom is -0.354 e. The third kappa shape index (κ3) is 4.80. The Morgan fingerprint density at radius 3 is 2.66 bits per heavy atom. The first-order valence-corrected chi connectivity index (χ1v) is 13.2. The summed E-state index contributed by atoms with van der Waals surface area (Å²) in [5.74, 6) is 1.26. The fraction of sp³-hybridized carbons (Fsp3) is 0.208. The smallest absolute Gasteiger partial charge is 0.265 e. The number of carbonyl (C=O) groups is 1. The molecule has 8 heteroatoms. The summed E-state index contributed by atoms with van der Waals surface area (Å²) in [5.41, 5.74) is 4.22. The van der Waals surface area contributed by atoms with Gasteiger partial charge in [0.2, 0.25) is 5.91 Å². The summed E-state index contributed by atoms with van der Waals surface area (Å²) in [6.07, 6.45) is 0. The van der Waals surface area contributed by atoms with Gasteiger partial charge in [-0.2, -0.15) is 11.8 Å². The number of rotatable bonds is 7. The number of anilines is 1. The van der Waals surface area contributed by atoms with Gasteiger partial charge in [0.05, 0.1) is 10.6 Å². The number of thioether (sulfide) groups is 1. The molecule has 166 valence electrons. The maximum absolute atomic E-state index is 13.3. The Hall–Kier alpha value is -2.48. The van der Waals surface area contributed by atoms with E-state index in [-0.39, 0.29) is 17.3 Å². The average Bonchev–Trinajstić information content (AvgIpc) is 2.77. The standard InChI is InChI=1S/C24H23ClN2O3S2/c1-17-5-4-6-18(13-17)16-31-12-11-26-24(28)15-27-22-10-9-19(25)14-21(22)20-7-2-3-8-23(20)32(27,29)30/h2-10,13-14H,11-12,15-16H2,1H3,(H,26,28). The Bertz CT molecular complexity index is 1260. The number of amides is 1. The quantitative estimate of drug-likeness (QED) is 0.483. The highest BCUT2D eigenvalue weighted by atomic mass is 35.5. The van der Waals surface area contributed by atoms with E-state index >= 15 is 0 Å². The van der Waals surface area contributed by atoms with Crippen molar-refractivity contribution in [3.8, 4) is 11.1 Å². The Balaban J connectivity index is 1.42. The predicted molar refractivity (Wildman–Crippen MR) is 132 cm³/mol. The summed E-state index contributed by atoms with van der Waals surface area (Å²) in [5, 5.41) is 3.35. The molecule has 0 aromatic heterocycles. The van der Waals surface area contributed by atoms with E-state index in [1.165, 1.54) is 11.1 Å². The Labute approximate surface area is 197 Å². The number of sulfonamides is 1. The average molecular weight is 487 g/mol. The van der Waals surface area contributed by atoms with Gasteiger partial charge in [-0.1, -0.05) is 59.6 Å². The van der Waals surface area contributed by atoms with Gasteiger partial charge >= 0.3 is 0 Å². The zero-order valence-corrected chi connectivity index (χ0v) is 19.9. The molecule has 0 fully saturated rings. The van der Waals surface area contributed by atoms with Crippen molar-refractivity contribution in [1.29, 1.82) is 0 Å². The van der Waals surface area contributed by atoms with Crippen molar-refractivity contribution in [2.24, 2.45) is 0 Å². The van der Waals surface area contributed by atoms with Crippen LogP contribution in [0, 0.1) is 6.92 Å². The molecule has 0 unspecified atom stereocenters. The van der Waals surface area contributed by atoms with Gasteiger partial charge in [0, 0.05) is 34.2 Å². The molecule has 0 atom stereocenters. The third-order valence-electron chi connectivity index (χ3n) is 5.18. The Morgan fingerprint density at radius 2 is 1.84 bits per heavy atom. The number of nitrogens with zero attached hydrogens (tertiary/aromatic N) is 1. The van der Waals surface area contributed by atoms with Gasteiger partial charge in [-0.25, -0.2) is 8.42 Å². The molecular formula is C24H23ClN2O3S2. The molecule has 4 rings (SSSR count). The lowest BCUT2D eigenvalue weighted by molar-refractivity contribution is -0.119. The van der Waals surface area contributed by atoms with Crippen LogP contribution in [0.3, 0.4) is 0 Å². The number of nitrogens with one attached hydrogen (secondary N) is 1. The van der Waals surface area contributed by atoms with Crippen molar-refractivity contribution in [3.05, 3.63) is 82.9 Å². The van der Waals surface area contributed by atoms with Crippen LogP contribution in [0.1, 0.15) is 11.1 Å². The molecule has 1 amide bonds. The topological polar surface area (TPSA) is 66.5 Å². The van der Waals surface area contributed by atoms with Crippen molar-refractivity contribution >= 4 is 45.0 Å². The van der Waals surface area contributed by atoms with Gasteiger partial charge in [0.1, 0.15) is 6.54 Å². The number of fused-ring (bicyclic) bond motifs is 3. The van der Waals surface area contributed by atoms with Crippen molar-refractivity contribution in [3.63, 3.8) is 0 Å². The highest BCUT2D eigenvalue weighted by molar-refractivity contribution is 7.98. The van der Waals surface area contributed by atoms with Gasteiger partial charge in [-0.3, -0.25) is 9.10 Å². The third-order valence-corrected chi connectivity index (χ3v) is 8.26. The van der Waals surface area contributed by atoms with Crippen molar-refractivity contribution < 1.29 is 13.2 Å². The molecule has 0 bridgehead atoms. The van der Waals surface area contributed by atoms with Crippen molar-refractivity contribution in [2.75, 3.05) is 23.1 Å². The lowest BCUT2D eigenvalue weighted by Crippen LogP contribution is -2.43. The van der Waals surface area contributed by atoms with Crippen LogP contribution in [0.2, 0.25) is 5.02 Å². The van der Waals surface area contributed by atoms with Crippen LogP contribution >= 0.6 is 23.4 Å². The largest absolute Gasteiger partial charge is 0.354 e. The van der Waals surface area contributed by atoms with E-state index in [1.807, 2.05) is 6.07 Å². The maximum Gasteiger partial charge on any atom is 0.265 e. The molecule has 5 nitrogen and oxygen atoms in total. The number of hydrogen-bond donors (Lipinski definition) is 1. The van der Waals surface area contributed by atoms with Crippen molar-refractivity contribution in [1.82, 2.24) is 5.32 Å². The molecule has 0 radical (unpaired) electrons. The molecule has 3 aromatic rings. The molecule has 1 heterocycles. The lowest BCUT2D eigenvalue weighted by Gasteiger charge is -2.31. The lowest BCUT2D eigenvalue weighted by atomic mass is 10.0. The summed E-state index contributed by atoms with van der Waals surface area (Å²) in [7, 11) is -3.86. The van der Waals surface area contributed by atoms with E-state index in [0.29, 0.717) is 28.4 Å². The second kappa shape index (κ2) is 9.57. The number of hydrogen-bond acceptors (Lipinski definition) is 4. The maximum atomic E-state index is 13.3. The first-order chi connectivity index (χ1) is 15.4. The van der Waals surface area contributed by atoms with Crippen LogP contribution in [0.4, 0.5) is 5.69 Å². The minimum absolute atomic E-state index is 0.177. The van der Waals surface area contributed by atoms with Crippen LogP contribution in [-0.4, -0.2) is 33.2 Å². The van der Waals surface area contributed by atoms with Gasteiger partial charge in [0.15, 0.2) is 0 Å². The minimum atomic E-state index is -3.86. The van der Waals surface area contributed by atoms with Crippen LogP contribution in [0.25, 0.3) is 11.1 Å². The van der Waals surface area contributed by atoms with Gasteiger partial charge in [-0.15, -0.1) is 0 Å².